The fraction of sp³-hybridized carbons (Fsp3) is 0.600. The molecule has 3 heteroatoms. The number of carbonyl (C=O) groups is 2. The first-order valence-corrected chi connectivity index (χ1v) is 2.12. The van der Waals surface area contributed by atoms with Crippen molar-refractivity contribution < 1.29 is 14.7 Å². The fourth-order valence-electron chi connectivity index (χ4n) is 0. The number of Topliss-reactive ketones (excluding diaryl/α,β-unsaturated/α-hetero) is 1. The van der Waals surface area contributed by atoms with Gasteiger partial charge in [0.25, 0.3) is 0 Å². The first kappa shape index (κ1) is 10.3. The molecular formula is C5H10O3. The van der Waals surface area contributed by atoms with Crippen molar-refractivity contribution in [2.24, 2.45) is 0 Å². The number of hydrogen-bond acceptors (Lipinski definition) is 3. The van der Waals surface area contributed by atoms with Crippen LogP contribution in [0.1, 0.15) is 13.8 Å². The highest BCUT2D eigenvalue weighted by Crippen LogP contribution is 1.76. The lowest BCUT2D eigenvalue weighted by atomic mass is 10.3. The van der Waals surface area contributed by atoms with Crippen LogP contribution in [0.3, 0.4) is 0 Å². The first-order valence-electron chi connectivity index (χ1n) is 2.12. The molecule has 0 aliphatic rings. The Morgan fingerprint density at radius 1 is 1.62 bits per heavy atom. The molecule has 1 unspecified atom stereocenters. The quantitative estimate of drug-likeness (QED) is 0.517. The van der Waals surface area contributed by atoms with E-state index in [1.54, 1.807) is 0 Å². The molecule has 0 bridgehead atoms. The van der Waals surface area contributed by atoms with Crippen LogP contribution in [-0.4, -0.2) is 23.8 Å². The SMILES string of the molecule is C=O.CC(=O)C(C)O. The lowest BCUT2D eigenvalue weighted by Crippen LogP contribution is -2.10. The van der Waals surface area contributed by atoms with E-state index in [0.29, 0.717) is 0 Å². The lowest BCUT2D eigenvalue weighted by molar-refractivity contribution is -0.124. The summed E-state index contributed by atoms with van der Waals surface area (Å²) >= 11 is 0. The van der Waals surface area contributed by atoms with Crippen molar-refractivity contribution >= 4 is 12.6 Å². The van der Waals surface area contributed by atoms with E-state index in [0.717, 1.165) is 0 Å². The Morgan fingerprint density at radius 2 is 1.75 bits per heavy atom. The molecule has 0 aromatic heterocycles. The molecule has 0 rings (SSSR count). The van der Waals surface area contributed by atoms with Crippen molar-refractivity contribution in [3.63, 3.8) is 0 Å². The third kappa shape index (κ3) is 9.00. The van der Waals surface area contributed by atoms with E-state index in [2.05, 4.69) is 0 Å². The zero-order valence-corrected chi connectivity index (χ0v) is 5.05. The Bertz CT molecular complexity index is 68.1. The van der Waals surface area contributed by atoms with Crippen LogP contribution in [0.4, 0.5) is 0 Å². The van der Waals surface area contributed by atoms with Gasteiger partial charge in [0.1, 0.15) is 12.9 Å². The molecule has 0 spiro atoms. The van der Waals surface area contributed by atoms with Gasteiger partial charge in [-0.05, 0) is 13.8 Å². The van der Waals surface area contributed by atoms with E-state index in [4.69, 9.17) is 9.90 Å². The fourth-order valence-corrected chi connectivity index (χ4v) is 0. The van der Waals surface area contributed by atoms with Crippen molar-refractivity contribution in [3.8, 4) is 0 Å². The molecule has 0 aromatic carbocycles. The Kier molecular flexibility index (Phi) is 8.12. The normalized spacial score (nSPS) is 10.9. The number of ketones is 1. The van der Waals surface area contributed by atoms with E-state index >= 15 is 0 Å². The van der Waals surface area contributed by atoms with Crippen LogP contribution in [0.25, 0.3) is 0 Å². The third-order valence-electron chi connectivity index (χ3n) is 0.588. The monoisotopic (exact) mass is 118 g/mol. The van der Waals surface area contributed by atoms with Gasteiger partial charge in [0.2, 0.25) is 0 Å². The van der Waals surface area contributed by atoms with Gasteiger partial charge >= 0.3 is 0 Å². The zero-order valence-electron chi connectivity index (χ0n) is 5.05. The minimum atomic E-state index is -0.787. The maximum absolute atomic E-state index is 9.89. The van der Waals surface area contributed by atoms with Crippen LogP contribution in [0.15, 0.2) is 0 Å². The summed E-state index contributed by atoms with van der Waals surface area (Å²) < 4.78 is 0. The molecular weight excluding hydrogens is 108 g/mol. The molecule has 0 saturated heterocycles. The van der Waals surface area contributed by atoms with Crippen LogP contribution in [0, 0.1) is 0 Å². The van der Waals surface area contributed by atoms with E-state index in [1.807, 2.05) is 6.79 Å². The van der Waals surface area contributed by atoms with E-state index in [9.17, 15) is 4.79 Å². The summed E-state index contributed by atoms with van der Waals surface area (Å²) in [6.45, 7) is 4.80. The molecule has 8 heavy (non-hydrogen) atoms. The predicted molar refractivity (Wildman–Crippen MR) is 29.5 cm³/mol. The third-order valence-corrected chi connectivity index (χ3v) is 0.588. The van der Waals surface area contributed by atoms with Crippen LogP contribution in [0.2, 0.25) is 0 Å². The maximum atomic E-state index is 9.89. The zero-order chi connectivity index (χ0) is 7.15. The molecule has 0 aliphatic carbocycles. The van der Waals surface area contributed by atoms with Crippen molar-refractivity contribution in [3.05, 3.63) is 0 Å². The average Bonchev–Trinajstić information content (AvgIpc) is 1.72. The van der Waals surface area contributed by atoms with Gasteiger partial charge in [0, 0.05) is 0 Å². The van der Waals surface area contributed by atoms with Crippen molar-refractivity contribution in [1.82, 2.24) is 0 Å². The number of aliphatic hydroxyl groups excluding tert-OH is 1. The Balaban J connectivity index is 0. The van der Waals surface area contributed by atoms with E-state index in [-0.39, 0.29) is 5.78 Å². The summed E-state index contributed by atoms with van der Waals surface area (Å²) in [7, 11) is 0. The summed E-state index contributed by atoms with van der Waals surface area (Å²) in [5, 5.41) is 8.28. The summed E-state index contributed by atoms with van der Waals surface area (Å²) in [5.41, 5.74) is 0. The molecule has 3 nitrogen and oxygen atoms in total. The van der Waals surface area contributed by atoms with Gasteiger partial charge in [-0.25, -0.2) is 0 Å². The number of hydrogen-bond donors (Lipinski definition) is 1. The summed E-state index contributed by atoms with van der Waals surface area (Å²) in [5.74, 6) is -0.185. The first-order chi connectivity index (χ1) is 3.64. The highest BCUT2D eigenvalue weighted by molar-refractivity contribution is 5.79. The topological polar surface area (TPSA) is 54.4 Å². The van der Waals surface area contributed by atoms with Crippen molar-refractivity contribution in [2.45, 2.75) is 20.0 Å². The van der Waals surface area contributed by atoms with Crippen molar-refractivity contribution in [2.75, 3.05) is 0 Å². The molecule has 0 aromatic rings. The molecule has 0 radical (unpaired) electrons. The Labute approximate surface area is 48.3 Å². The number of rotatable bonds is 1. The van der Waals surface area contributed by atoms with E-state index in [1.165, 1.54) is 13.8 Å². The van der Waals surface area contributed by atoms with Gasteiger partial charge in [-0.3, -0.25) is 4.79 Å². The van der Waals surface area contributed by atoms with Gasteiger partial charge in [0.15, 0.2) is 5.78 Å². The molecule has 1 atom stereocenters. The second-order valence-electron chi connectivity index (χ2n) is 1.29. The van der Waals surface area contributed by atoms with Gasteiger partial charge in [-0.1, -0.05) is 0 Å². The molecule has 0 heterocycles. The molecule has 1 N–H and O–H groups in total. The predicted octanol–water partition coefficient (Wildman–Crippen LogP) is -0.229. The second-order valence-corrected chi connectivity index (χ2v) is 1.29. The molecule has 0 aliphatic heterocycles. The summed E-state index contributed by atoms with van der Waals surface area (Å²) in [4.78, 5) is 17.9. The molecule has 0 fully saturated rings. The van der Waals surface area contributed by atoms with Gasteiger partial charge in [-0.15, -0.1) is 0 Å². The largest absolute Gasteiger partial charge is 0.386 e. The van der Waals surface area contributed by atoms with Crippen LogP contribution >= 0.6 is 0 Å². The summed E-state index contributed by atoms with van der Waals surface area (Å²) in [6.07, 6.45) is -0.787. The Hall–Kier alpha value is -0.700. The standard InChI is InChI=1S/C4H8O2.CH2O/c1-3(5)4(2)6;1-2/h3,5H,1-2H3;1H2. The minimum absolute atomic E-state index is 0.185. The molecule has 0 saturated carbocycles. The maximum Gasteiger partial charge on any atom is 0.157 e. The lowest BCUT2D eigenvalue weighted by Gasteiger charge is -1.90. The highest BCUT2D eigenvalue weighted by atomic mass is 16.3. The van der Waals surface area contributed by atoms with Gasteiger partial charge < -0.3 is 9.90 Å². The van der Waals surface area contributed by atoms with Crippen molar-refractivity contribution in [1.29, 1.82) is 0 Å². The average molecular weight is 118 g/mol. The van der Waals surface area contributed by atoms with Gasteiger partial charge in [0.05, 0.1) is 0 Å². The molecule has 48 valence electrons. The van der Waals surface area contributed by atoms with Crippen LogP contribution in [0.5, 0.6) is 0 Å². The highest BCUT2D eigenvalue weighted by Gasteiger charge is 1.97. The molecule has 0 amide bonds. The van der Waals surface area contributed by atoms with Crippen LogP contribution < -0.4 is 0 Å². The second kappa shape index (κ2) is 6.30. The van der Waals surface area contributed by atoms with Gasteiger partial charge in [-0.2, -0.15) is 0 Å². The smallest absolute Gasteiger partial charge is 0.157 e. The number of aliphatic hydroxyl groups is 1. The van der Waals surface area contributed by atoms with E-state index < -0.39 is 6.10 Å². The number of carbonyl (C=O) groups excluding carboxylic acids is 2. The minimum Gasteiger partial charge on any atom is -0.386 e. The summed E-state index contributed by atoms with van der Waals surface area (Å²) in [6, 6.07) is 0. The Morgan fingerprint density at radius 3 is 1.75 bits per heavy atom. The van der Waals surface area contributed by atoms with Crippen LogP contribution in [-0.2, 0) is 9.59 Å².